The Morgan fingerprint density at radius 1 is 1.26 bits per heavy atom. The molecule has 3 nitrogen and oxygen atoms in total. The van der Waals surface area contributed by atoms with Crippen LogP contribution < -0.4 is 5.32 Å². The number of rotatable bonds is 5. The summed E-state index contributed by atoms with van der Waals surface area (Å²) in [6, 6.07) is 0.0754. The first-order valence-corrected chi connectivity index (χ1v) is 8.08. The van der Waals surface area contributed by atoms with E-state index in [0.717, 1.165) is 31.5 Å². The van der Waals surface area contributed by atoms with Crippen molar-refractivity contribution in [2.24, 2.45) is 17.8 Å². The summed E-state index contributed by atoms with van der Waals surface area (Å²) in [5, 5.41) is 3.36. The van der Waals surface area contributed by atoms with Gasteiger partial charge in [0.25, 0.3) is 0 Å². The molecule has 0 bridgehead atoms. The summed E-state index contributed by atoms with van der Waals surface area (Å²) in [5.74, 6) is 2.69. The summed E-state index contributed by atoms with van der Waals surface area (Å²) in [5.41, 5.74) is 0. The molecule has 1 saturated carbocycles. The molecule has 1 aliphatic carbocycles. The van der Waals surface area contributed by atoms with Crippen LogP contribution in [0, 0.1) is 17.8 Å². The maximum absolute atomic E-state index is 12.2. The van der Waals surface area contributed by atoms with Crippen molar-refractivity contribution in [1.82, 2.24) is 10.2 Å². The van der Waals surface area contributed by atoms with Crippen LogP contribution in [0.4, 0.5) is 0 Å². The highest BCUT2D eigenvalue weighted by molar-refractivity contribution is 5.83. The van der Waals surface area contributed by atoms with Crippen LogP contribution in [-0.2, 0) is 4.79 Å². The van der Waals surface area contributed by atoms with Crippen molar-refractivity contribution in [1.29, 1.82) is 0 Å². The van der Waals surface area contributed by atoms with Gasteiger partial charge in [0.1, 0.15) is 0 Å². The maximum Gasteiger partial charge on any atom is 0.240 e. The monoisotopic (exact) mass is 266 g/mol. The van der Waals surface area contributed by atoms with E-state index in [1.165, 1.54) is 32.1 Å². The zero-order chi connectivity index (χ0) is 13.8. The SMILES string of the molecule is CC(C)CC1NCN(CCC2CCC(C)CC2)C1=O. The number of carbonyl (C=O) groups excluding carboxylic acids is 1. The lowest BCUT2D eigenvalue weighted by Crippen LogP contribution is -2.33. The molecule has 0 aromatic heterocycles. The Bertz CT molecular complexity index is 295. The van der Waals surface area contributed by atoms with Crippen LogP contribution in [-0.4, -0.2) is 30.1 Å². The molecule has 110 valence electrons. The van der Waals surface area contributed by atoms with E-state index in [0.29, 0.717) is 11.8 Å². The highest BCUT2D eigenvalue weighted by Crippen LogP contribution is 2.30. The molecule has 1 aliphatic heterocycles. The Hall–Kier alpha value is -0.570. The van der Waals surface area contributed by atoms with Crippen LogP contribution in [0.15, 0.2) is 0 Å². The van der Waals surface area contributed by atoms with E-state index in [-0.39, 0.29) is 6.04 Å². The van der Waals surface area contributed by atoms with Gasteiger partial charge in [0.15, 0.2) is 0 Å². The van der Waals surface area contributed by atoms with Crippen molar-refractivity contribution in [2.75, 3.05) is 13.2 Å². The molecule has 0 aromatic rings. The summed E-state index contributed by atoms with van der Waals surface area (Å²) in [4.78, 5) is 14.3. The summed E-state index contributed by atoms with van der Waals surface area (Å²) in [7, 11) is 0. The molecule has 0 spiro atoms. The lowest BCUT2D eigenvalue weighted by Gasteiger charge is -2.27. The standard InChI is InChI=1S/C16H30N2O/c1-12(2)10-15-16(19)18(11-17-15)9-8-14-6-4-13(3)5-7-14/h12-15,17H,4-11H2,1-3H3. The Balaban J connectivity index is 1.70. The van der Waals surface area contributed by atoms with Crippen molar-refractivity contribution >= 4 is 5.91 Å². The van der Waals surface area contributed by atoms with Gasteiger partial charge in [-0.3, -0.25) is 10.1 Å². The third-order valence-corrected chi connectivity index (χ3v) is 4.79. The number of nitrogens with zero attached hydrogens (tertiary/aromatic N) is 1. The minimum atomic E-state index is 0.0754. The molecule has 2 aliphatic rings. The average molecular weight is 266 g/mol. The Labute approximate surface area is 118 Å². The van der Waals surface area contributed by atoms with E-state index < -0.39 is 0 Å². The normalized spacial score (nSPS) is 32.3. The number of nitrogens with one attached hydrogen (secondary N) is 1. The van der Waals surface area contributed by atoms with Gasteiger partial charge < -0.3 is 4.90 Å². The molecule has 1 amide bonds. The van der Waals surface area contributed by atoms with Crippen molar-refractivity contribution in [2.45, 2.75) is 65.3 Å². The van der Waals surface area contributed by atoms with Gasteiger partial charge in [-0.1, -0.05) is 46.5 Å². The third kappa shape index (κ3) is 4.20. The van der Waals surface area contributed by atoms with E-state index in [1.807, 2.05) is 4.90 Å². The minimum absolute atomic E-state index is 0.0754. The van der Waals surface area contributed by atoms with E-state index >= 15 is 0 Å². The van der Waals surface area contributed by atoms with Gasteiger partial charge in [-0.15, -0.1) is 0 Å². The second-order valence-corrected chi connectivity index (χ2v) is 7.06. The fourth-order valence-electron chi connectivity index (χ4n) is 3.41. The highest BCUT2D eigenvalue weighted by Gasteiger charge is 2.31. The van der Waals surface area contributed by atoms with Gasteiger partial charge in [-0.25, -0.2) is 0 Å². The van der Waals surface area contributed by atoms with Crippen molar-refractivity contribution in [3.63, 3.8) is 0 Å². The fraction of sp³-hybridized carbons (Fsp3) is 0.938. The zero-order valence-electron chi connectivity index (χ0n) is 12.8. The molecular formula is C16H30N2O. The van der Waals surface area contributed by atoms with Crippen LogP contribution in [0.1, 0.15) is 59.3 Å². The number of carbonyl (C=O) groups is 1. The van der Waals surface area contributed by atoms with Crippen molar-refractivity contribution < 1.29 is 4.79 Å². The van der Waals surface area contributed by atoms with Crippen LogP contribution in [0.25, 0.3) is 0 Å². The minimum Gasteiger partial charge on any atom is -0.329 e. The zero-order valence-corrected chi connectivity index (χ0v) is 12.8. The third-order valence-electron chi connectivity index (χ3n) is 4.79. The molecule has 2 rings (SSSR count). The van der Waals surface area contributed by atoms with E-state index in [9.17, 15) is 4.79 Å². The van der Waals surface area contributed by atoms with Gasteiger partial charge in [-0.2, -0.15) is 0 Å². The van der Waals surface area contributed by atoms with Crippen LogP contribution in [0.2, 0.25) is 0 Å². The number of amides is 1. The molecule has 1 heterocycles. The lowest BCUT2D eigenvalue weighted by atomic mass is 9.81. The maximum atomic E-state index is 12.2. The predicted octanol–water partition coefficient (Wildman–Crippen LogP) is 3.01. The first kappa shape index (κ1) is 14.8. The van der Waals surface area contributed by atoms with E-state index in [4.69, 9.17) is 0 Å². The molecule has 2 fully saturated rings. The summed E-state index contributed by atoms with van der Waals surface area (Å²) in [6.45, 7) is 8.45. The largest absolute Gasteiger partial charge is 0.329 e. The van der Waals surface area contributed by atoms with Crippen LogP contribution >= 0.6 is 0 Å². The molecule has 1 atom stereocenters. The van der Waals surface area contributed by atoms with E-state index in [1.54, 1.807) is 0 Å². The summed E-state index contributed by atoms with van der Waals surface area (Å²) >= 11 is 0. The molecule has 0 aromatic carbocycles. The average Bonchev–Trinajstić information content (AvgIpc) is 2.70. The van der Waals surface area contributed by atoms with Gasteiger partial charge >= 0.3 is 0 Å². The Kier molecular flexibility index (Phi) is 5.26. The van der Waals surface area contributed by atoms with Gasteiger partial charge in [-0.05, 0) is 30.6 Å². The number of hydrogen-bond acceptors (Lipinski definition) is 2. The molecular weight excluding hydrogens is 236 g/mol. The Morgan fingerprint density at radius 2 is 1.95 bits per heavy atom. The summed E-state index contributed by atoms with van der Waals surface area (Å²) < 4.78 is 0. The topological polar surface area (TPSA) is 32.3 Å². The van der Waals surface area contributed by atoms with Gasteiger partial charge in [0, 0.05) is 6.54 Å². The van der Waals surface area contributed by atoms with Crippen molar-refractivity contribution in [3.05, 3.63) is 0 Å². The first-order chi connectivity index (χ1) is 9.06. The lowest BCUT2D eigenvalue weighted by molar-refractivity contribution is -0.129. The molecule has 1 N–H and O–H groups in total. The van der Waals surface area contributed by atoms with Gasteiger partial charge in [0.05, 0.1) is 12.7 Å². The van der Waals surface area contributed by atoms with E-state index in [2.05, 4.69) is 26.1 Å². The fourth-order valence-corrected chi connectivity index (χ4v) is 3.41. The quantitative estimate of drug-likeness (QED) is 0.829. The molecule has 19 heavy (non-hydrogen) atoms. The van der Waals surface area contributed by atoms with Gasteiger partial charge in [0.2, 0.25) is 5.91 Å². The molecule has 1 saturated heterocycles. The molecule has 1 unspecified atom stereocenters. The van der Waals surface area contributed by atoms with Crippen LogP contribution in [0.3, 0.4) is 0 Å². The second kappa shape index (κ2) is 6.74. The molecule has 3 heteroatoms. The molecule has 0 radical (unpaired) electrons. The van der Waals surface area contributed by atoms with Crippen LogP contribution in [0.5, 0.6) is 0 Å². The second-order valence-electron chi connectivity index (χ2n) is 7.06. The Morgan fingerprint density at radius 3 is 2.58 bits per heavy atom. The van der Waals surface area contributed by atoms with Crippen molar-refractivity contribution in [3.8, 4) is 0 Å². The smallest absolute Gasteiger partial charge is 0.240 e. The highest BCUT2D eigenvalue weighted by atomic mass is 16.2. The predicted molar refractivity (Wildman–Crippen MR) is 78.7 cm³/mol. The first-order valence-electron chi connectivity index (χ1n) is 8.08. The summed E-state index contributed by atoms with van der Waals surface area (Å²) in [6.07, 6.45) is 7.67. The number of hydrogen-bond donors (Lipinski definition) is 1.